The number of nitrogens with one attached hydrogen (secondary N) is 2. The van der Waals surface area contributed by atoms with Crippen molar-refractivity contribution in [3.8, 4) is 0 Å². The fourth-order valence-corrected chi connectivity index (χ4v) is 2.23. The molecular formula is C13H14F3N3S. The first-order chi connectivity index (χ1) is 9.53. The smallest absolute Gasteiger partial charge is 0.348 e. The van der Waals surface area contributed by atoms with Crippen molar-refractivity contribution in [3.63, 3.8) is 0 Å². The average Bonchev–Trinajstić information content (AvgIpc) is 2.88. The molecule has 0 aliphatic rings. The molecule has 0 spiro atoms. The minimum atomic E-state index is -4.23. The van der Waals surface area contributed by atoms with Gasteiger partial charge in [0.1, 0.15) is 0 Å². The fourth-order valence-electron chi connectivity index (χ4n) is 1.69. The van der Waals surface area contributed by atoms with Crippen LogP contribution in [0.5, 0.6) is 0 Å². The van der Waals surface area contributed by atoms with Gasteiger partial charge >= 0.3 is 5.51 Å². The van der Waals surface area contributed by atoms with Gasteiger partial charge in [0, 0.05) is 36.3 Å². The van der Waals surface area contributed by atoms with Gasteiger partial charge in [-0.25, -0.2) is 4.98 Å². The van der Waals surface area contributed by atoms with Crippen LogP contribution < -0.4 is 5.32 Å². The first kappa shape index (κ1) is 14.9. The van der Waals surface area contributed by atoms with Gasteiger partial charge in [0.05, 0.1) is 6.33 Å². The lowest BCUT2D eigenvalue weighted by molar-refractivity contribution is -0.0328. The fraction of sp³-hybridized carbons (Fsp3) is 0.308. The maximum Gasteiger partial charge on any atom is 0.446 e. The Balaban J connectivity index is 1.73. The van der Waals surface area contributed by atoms with Crippen LogP contribution in [0.2, 0.25) is 0 Å². The zero-order valence-electron chi connectivity index (χ0n) is 10.6. The predicted octanol–water partition coefficient (Wildman–Crippen LogP) is 3.35. The van der Waals surface area contributed by atoms with E-state index in [0.717, 1.165) is 24.2 Å². The topological polar surface area (TPSA) is 40.7 Å². The van der Waals surface area contributed by atoms with Crippen LogP contribution in [0.25, 0.3) is 0 Å². The molecule has 0 saturated carbocycles. The number of thioether (sulfide) groups is 1. The third-order valence-electron chi connectivity index (χ3n) is 2.61. The molecule has 0 radical (unpaired) electrons. The summed E-state index contributed by atoms with van der Waals surface area (Å²) >= 11 is -0.0954. The Labute approximate surface area is 119 Å². The highest BCUT2D eigenvalue weighted by Crippen LogP contribution is 2.36. The van der Waals surface area contributed by atoms with Gasteiger partial charge in [-0.15, -0.1) is 0 Å². The molecule has 7 heteroatoms. The Morgan fingerprint density at radius 3 is 2.55 bits per heavy atom. The number of rotatable bonds is 6. The van der Waals surface area contributed by atoms with E-state index < -0.39 is 5.51 Å². The monoisotopic (exact) mass is 301 g/mol. The summed E-state index contributed by atoms with van der Waals surface area (Å²) in [6, 6.07) is 6.39. The maximum atomic E-state index is 12.2. The molecule has 20 heavy (non-hydrogen) atoms. The maximum absolute atomic E-state index is 12.2. The van der Waals surface area contributed by atoms with E-state index in [0.29, 0.717) is 6.54 Å². The third kappa shape index (κ3) is 5.26. The second-order valence-electron chi connectivity index (χ2n) is 4.20. The number of halogens is 3. The summed E-state index contributed by atoms with van der Waals surface area (Å²) in [5.74, 6) is 0. The standard InChI is InChI=1S/C13H14F3N3S/c14-13(15,16)20-12-3-1-10(2-4-12)7-17-6-5-11-8-18-9-19-11/h1-4,8-9,17H,5-7H2,(H,18,19). The molecule has 0 fully saturated rings. The van der Waals surface area contributed by atoms with E-state index in [4.69, 9.17) is 0 Å². The molecule has 1 heterocycles. The zero-order valence-corrected chi connectivity index (χ0v) is 11.4. The molecule has 2 aromatic rings. The molecule has 0 unspecified atom stereocenters. The van der Waals surface area contributed by atoms with Crippen LogP contribution >= 0.6 is 11.8 Å². The summed E-state index contributed by atoms with van der Waals surface area (Å²) in [5.41, 5.74) is -2.22. The van der Waals surface area contributed by atoms with Crippen LogP contribution in [0.4, 0.5) is 13.2 Å². The zero-order chi connectivity index (χ0) is 14.4. The van der Waals surface area contributed by atoms with Gasteiger partial charge in [-0.05, 0) is 29.5 Å². The highest BCUT2D eigenvalue weighted by atomic mass is 32.2. The van der Waals surface area contributed by atoms with Crippen LogP contribution in [-0.4, -0.2) is 22.0 Å². The summed E-state index contributed by atoms with van der Waals surface area (Å²) in [6.45, 7) is 1.41. The molecule has 0 atom stereocenters. The lowest BCUT2D eigenvalue weighted by Crippen LogP contribution is -2.16. The Morgan fingerprint density at radius 2 is 1.95 bits per heavy atom. The molecule has 0 aliphatic carbocycles. The van der Waals surface area contributed by atoms with E-state index >= 15 is 0 Å². The van der Waals surface area contributed by atoms with Gasteiger partial charge in [0.15, 0.2) is 0 Å². The van der Waals surface area contributed by atoms with Gasteiger partial charge in [0.2, 0.25) is 0 Å². The van der Waals surface area contributed by atoms with Crippen LogP contribution in [0.3, 0.4) is 0 Å². The Hall–Kier alpha value is -1.47. The summed E-state index contributed by atoms with van der Waals surface area (Å²) in [7, 11) is 0. The van der Waals surface area contributed by atoms with E-state index in [2.05, 4.69) is 15.3 Å². The highest BCUT2D eigenvalue weighted by Gasteiger charge is 2.28. The number of imidazole rings is 1. The van der Waals surface area contributed by atoms with Gasteiger partial charge in [-0.2, -0.15) is 13.2 Å². The molecule has 1 aromatic heterocycles. The van der Waals surface area contributed by atoms with Crippen LogP contribution in [0.1, 0.15) is 11.3 Å². The number of aromatic nitrogens is 2. The van der Waals surface area contributed by atoms with Crippen LogP contribution in [-0.2, 0) is 13.0 Å². The van der Waals surface area contributed by atoms with Crippen molar-refractivity contribution in [1.29, 1.82) is 0 Å². The Kier molecular flexibility index (Phi) is 5.08. The van der Waals surface area contributed by atoms with Crippen LogP contribution in [0, 0.1) is 0 Å². The molecular weight excluding hydrogens is 287 g/mol. The van der Waals surface area contributed by atoms with Gasteiger partial charge in [-0.1, -0.05) is 12.1 Å². The summed E-state index contributed by atoms with van der Waals surface area (Å²) < 4.78 is 36.5. The van der Waals surface area contributed by atoms with Crippen molar-refractivity contribution >= 4 is 11.8 Å². The minimum absolute atomic E-state index is 0.0954. The summed E-state index contributed by atoms with van der Waals surface area (Å²) in [4.78, 5) is 7.13. The highest BCUT2D eigenvalue weighted by molar-refractivity contribution is 8.00. The number of nitrogens with zero attached hydrogens (tertiary/aromatic N) is 1. The van der Waals surface area contributed by atoms with E-state index in [-0.39, 0.29) is 16.7 Å². The number of hydrogen-bond acceptors (Lipinski definition) is 3. The number of hydrogen-bond donors (Lipinski definition) is 2. The first-order valence-electron chi connectivity index (χ1n) is 6.05. The second-order valence-corrected chi connectivity index (χ2v) is 5.33. The van der Waals surface area contributed by atoms with E-state index in [1.807, 2.05) is 0 Å². The van der Waals surface area contributed by atoms with Crippen LogP contribution in [0.15, 0.2) is 41.7 Å². The van der Waals surface area contributed by atoms with Crippen molar-refractivity contribution in [1.82, 2.24) is 15.3 Å². The quantitative estimate of drug-likeness (QED) is 0.635. The third-order valence-corrected chi connectivity index (χ3v) is 3.35. The number of benzene rings is 1. The predicted molar refractivity (Wildman–Crippen MR) is 72.4 cm³/mol. The largest absolute Gasteiger partial charge is 0.446 e. The molecule has 2 N–H and O–H groups in total. The normalized spacial score (nSPS) is 11.8. The van der Waals surface area contributed by atoms with Gasteiger partial charge in [-0.3, -0.25) is 0 Å². The lowest BCUT2D eigenvalue weighted by Gasteiger charge is -2.07. The molecule has 0 aliphatic heterocycles. The SMILES string of the molecule is FC(F)(F)Sc1ccc(CNCCc2cnc[nH]2)cc1. The van der Waals surface area contributed by atoms with Crippen molar-refractivity contribution in [3.05, 3.63) is 48.0 Å². The number of aromatic amines is 1. The van der Waals surface area contributed by atoms with Gasteiger partial charge in [0.25, 0.3) is 0 Å². The molecule has 0 bridgehead atoms. The summed E-state index contributed by atoms with van der Waals surface area (Å²) in [5, 5.41) is 3.23. The van der Waals surface area contributed by atoms with E-state index in [1.54, 1.807) is 24.7 Å². The second kappa shape index (κ2) is 6.81. The molecule has 3 nitrogen and oxygen atoms in total. The molecule has 108 valence electrons. The van der Waals surface area contributed by atoms with E-state index in [9.17, 15) is 13.2 Å². The van der Waals surface area contributed by atoms with E-state index in [1.165, 1.54) is 12.1 Å². The Morgan fingerprint density at radius 1 is 1.20 bits per heavy atom. The Bertz CT molecular complexity index is 509. The first-order valence-corrected chi connectivity index (χ1v) is 6.87. The van der Waals surface area contributed by atoms with Crippen molar-refractivity contribution in [2.24, 2.45) is 0 Å². The average molecular weight is 301 g/mol. The molecule has 0 amide bonds. The lowest BCUT2D eigenvalue weighted by atomic mass is 10.2. The van der Waals surface area contributed by atoms with Crippen molar-refractivity contribution in [2.75, 3.05) is 6.54 Å². The molecule has 0 saturated heterocycles. The van der Waals surface area contributed by atoms with Crippen molar-refractivity contribution < 1.29 is 13.2 Å². The minimum Gasteiger partial charge on any atom is -0.348 e. The summed E-state index contributed by atoms with van der Waals surface area (Å²) in [6.07, 6.45) is 4.24. The van der Waals surface area contributed by atoms with Gasteiger partial charge < -0.3 is 10.3 Å². The number of alkyl halides is 3. The molecule has 1 aromatic carbocycles. The number of H-pyrrole nitrogens is 1. The van der Waals surface area contributed by atoms with Crippen molar-refractivity contribution in [2.45, 2.75) is 23.4 Å². The molecule has 2 rings (SSSR count).